The van der Waals surface area contributed by atoms with Crippen molar-refractivity contribution in [2.45, 2.75) is 32.3 Å². The molecule has 154 valence electrons. The highest BCUT2D eigenvalue weighted by Gasteiger charge is 2.25. The number of likely N-dealkylation sites (tertiary alicyclic amines) is 1. The van der Waals surface area contributed by atoms with E-state index in [2.05, 4.69) is 15.3 Å². The van der Waals surface area contributed by atoms with E-state index in [0.717, 1.165) is 23.7 Å². The molecular formula is C23H24N4O3. The van der Waals surface area contributed by atoms with Crippen LogP contribution in [0.5, 0.6) is 5.88 Å². The van der Waals surface area contributed by atoms with Crippen LogP contribution in [0.1, 0.15) is 36.7 Å². The highest BCUT2D eigenvalue weighted by atomic mass is 16.5. The number of nitrogens with one attached hydrogen (secondary N) is 1. The summed E-state index contributed by atoms with van der Waals surface area (Å²) in [5.41, 5.74) is 1.95. The normalized spacial score (nSPS) is 14.5. The molecule has 3 aromatic rings. The first-order valence-electron chi connectivity index (χ1n) is 10.2. The summed E-state index contributed by atoms with van der Waals surface area (Å²) in [5, 5.41) is 3.78. The number of carbonyl (C=O) groups excluding carboxylic acids is 2. The van der Waals surface area contributed by atoms with Gasteiger partial charge in [-0.05, 0) is 18.2 Å². The van der Waals surface area contributed by atoms with Gasteiger partial charge in [-0.25, -0.2) is 9.97 Å². The van der Waals surface area contributed by atoms with Gasteiger partial charge < -0.3 is 15.0 Å². The first-order chi connectivity index (χ1) is 14.6. The molecular weight excluding hydrogens is 380 g/mol. The molecule has 0 saturated carbocycles. The second kappa shape index (κ2) is 8.90. The summed E-state index contributed by atoms with van der Waals surface area (Å²) >= 11 is 0. The second-order valence-corrected chi connectivity index (χ2v) is 7.29. The molecule has 7 nitrogen and oxygen atoms in total. The van der Waals surface area contributed by atoms with Gasteiger partial charge in [0.15, 0.2) is 0 Å². The SMILES string of the molecule is CCC(=O)Nc1ccc(OC2CCN(C(=O)c3ccc4ccccc4n3)CC2)nc1. The van der Waals surface area contributed by atoms with Crippen molar-refractivity contribution in [1.29, 1.82) is 0 Å². The molecule has 0 spiro atoms. The zero-order valence-corrected chi connectivity index (χ0v) is 16.9. The van der Waals surface area contributed by atoms with Gasteiger partial charge in [-0.1, -0.05) is 31.2 Å². The molecule has 0 bridgehead atoms. The third-order valence-electron chi connectivity index (χ3n) is 5.18. The molecule has 1 saturated heterocycles. The summed E-state index contributed by atoms with van der Waals surface area (Å²) < 4.78 is 5.96. The van der Waals surface area contributed by atoms with E-state index >= 15 is 0 Å². The number of piperidine rings is 1. The van der Waals surface area contributed by atoms with Gasteiger partial charge in [-0.3, -0.25) is 9.59 Å². The van der Waals surface area contributed by atoms with Gasteiger partial charge in [0.2, 0.25) is 11.8 Å². The molecule has 1 aliphatic heterocycles. The Morgan fingerprint density at radius 3 is 2.63 bits per heavy atom. The van der Waals surface area contributed by atoms with Gasteiger partial charge in [0.05, 0.1) is 17.4 Å². The summed E-state index contributed by atoms with van der Waals surface area (Å²) in [6, 6.07) is 15.0. The molecule has 1 N–H and O–H groups in total. The average molecular weight is 404 g/mol. The Hall–Kier alpha value is -3.48. The predicted molar refractivity (Wildman–Crippen MR) is 114 cm³/mol. The number of hydrogen-bond donors (Lipinski definition) is 1. The van der Waals surface area contributed by atoms with Crippen LogP contribution < -0.4 is 10.1 Å². The van der Waals surface area contributed by atoms with Crippen molar-refractivity contribution in [3.05, 3.63) is 60.4 Å². The summed E-state index contributed by atoms with van der Waals surface area (Å²) in [7, 11) is 0. The van der Waals surface area contributed by atoms with Crippen LogP contribution in [0.25, 0.3) is 10.9 Å². The Labute approximate surface area is 175 Å². The number of carbonyl (C=O) groups is 2. The summed E-state index contributed by atoms with van der Waals surface area (Å²) in [6.45, 7) is 3.03. The number of nitrogens with zero attached hydrogens (tertiary/aromatic N) is 3. The zero-order chi connectivity index (χ0) is 20.9. The summed E-state index contributed by atoms with van der Waals surface area (Å²) in [6.07, 6.45) is 3.48. The number of rotatable bonds is 5. The number of para-hydroxylation sites is 1. The Kier molecular flexibility index (Phi) is 5.88. The molecule has 4 rings (SSSR count). The third-order valence-corrected chi connectivity index (χ3v) is 5.18. The van der Waals surface area contributed by atoms with Crippen molar-refractivity contribution in [2.24, 2.45) is 0 Å². The van der Waals surface area contributed by atoms with Crippen molar-refractivity contribution < 1.29 is 14.3 Å². The van der Waals surface area contributed by atoms with Crippen LogP contribution in [0, 0.1) is 0 Å². The van der Waals surface area contributed by atoms with Crippen molar-refractivity contribution in [1.82, 2.24) is 14.9 Å². The summed E-state index contributed by atoms with van der Waals surface area (Å²) in [4.78, 5) is 34.9. The van der Waals surface area contributed by atoms with Gasteiger partial charge in [0, 0.05) is 43.8 Å². The van der Waals surface area contributed by atoms with Crippen LogP contribution in [0.3, 0.4) is 0 Å². The topological polar surface area (TPSA) is 84.4 Å². The van der Waals surface area contributed by atoms with Crippen LogP contribution in [-0.2, 0) is 4.79 Å². The van der Waals surface area contributed by atoms with Crippen LogP contribution in [0.15, 0.2) is 54.7 Å². The lowest BCUT2D eigenvalue weighted by Gasteiger charge is -2.31. The van der Waals surface area contributed by atoms with E-state index in [0.29, 0.717) is 36.8 Å². The van der Waals surface area contributed by atoms with E-state index < -0.39 is 0 Å². The van der Waals surface area contributed by atoms with E-state index in [9.17, 15) is 9.59 Å². The smallest absolute Gasteiger partial charge is 0.272 e. The lowest BCUT2D eigenvalue weighted by atomic mass is 10.1. The number of pyridine rings is 2. The van der Waals surface area contributed by atoms with Gasteiger partial charge in [0.1, 0.15) is 11.8 Å². The molecule has 7 heteroatoms. The second-order valence-electron chi connectivity index (χ2n) is 7.29. The largest absolute Gasteiger partial charge is 0.474 e. The third kappa shape index (κ3) is 4.56. The minimum atomic E-state index is -0.0524. The Morgan fingerprint density at radius 1 is 1.10 bits per heavy atom. The van der Waals surface area contributed by atoms with Crippen molar-refractivity contribution in [2.75, 3.05) is 18.4 Å². The predicted octanol–water partition coefficient (Wildman–Crippen LogP) is 3.66. The van der Waals surface area contributed by atoms with E-state index in [4.69, 9.17) is 4.74 Å². The fourth-order valence-electron chi connectivity index (χ4n) is 3.47. The number of ether oxygens (including phenoxy) is 1. The number of aromatic nitrogens is 2. The Balaban J connectivity index is 1.32. The number of benzene rings is 1. The van der Waals surface area contributed by atoms with Gasteiger partial charge in [-0.15, -0.1) is 0 Å². The van der Waals surface area contributed by atoms with Crippen molar-refractivity contribution in [3.63, 3.8) is 0 Å². The highest BCUT2D eigenvalue weighted by Crippen LogP contribution is 2.20. The Bertz CT molecular complexity index is 1040. The summed E-state index contributed by atoms with van der Waals surface area (Å²) in [5.74, 6) is 0.419. The molecule has 3 heterocycles. The standard InChI is InChI=1S/C23H24N4O3/c1-2-21(28)25-17-8-10-22(24-15-17)30-18-11-13-27(14-12-18)23(29)20-9-7-16-5-3-4-6-19(16)26-20/h3-10,15,18H,2,11-14H2,1H3,(H,25,28). The number of fused-ring (bicyclic) bond motifs is 1. The van der Waals surface area contributed by atoms with E-state index in [1.165, 1.54) is 0 Å². The Morgan fingerprint density at radius 2 is 1.90 bits per heavy atom. The average Bonchev–Trinajstić information content (AvgIpc) is 2.80. The molecule has 0 unspecified atom stereocenters. The molecule has 0 radical (unpaired) electrons. The first kappa shape index (κ1) is 19.8. The molecule has 0 atom stereocenters. The van der Waals surface area contributed by atoms with E-state index in [1.54, 1.807) is 31.3 Å². The molecule has 1 aliphatic rings. The molecule has 1 fully saturated rings. The molecule has 1 aromatic carbocycles. The highest BCUT2D eigenvalue weighted by molar-refractivity contribution is 5.95. The number of anilines is 1. The monoisotopic (exact) mass is 404 g/mol. The molecule has 2 amide bonds. The molecule has 0 aliphatic carbocycles. The van der Waals surface area contributed by atoms with Crippen LogP contribution in [0.2, 0.25) is 0 Å². The lowest BCUT2D eigenvalue weighted by Crippen LogP contribution is -2.42. The first-order valence-corrected chi connectivity index (χ1v) is 10.2. The maximum atomic E-state index is 12.8. The lowest BCUT2D eigenvalue weighted by molar-refractivity contribution is -0.115. The van der Waals surface area contributed by atoms with Crippen molar-refractivity contribution in [3.8, 4) is 5.88 Å². The van der Waals surface area contributed by atoms with Gasteiger partial charge >= 0.3 is 0 Å². The fraction of sp³-hybridized carbons (Fsp3) is 0.304. The van der Waals surface area contributed by atoms with Gasteiger partial charge in [-0.2, -0.15) is 0 Å². The maximum Gasteiger partial charge on any atom is 0.272 e. The van der Waals surface area contributed by atoms with E-state index in [-0.39, 0.29) is 17.9 Å². The maximum absolute atomic E-state index is 12.8. The van der Waals surface area contributed by atoms with Crippen LogP contribution in [-0.4, -0.2) is 45.9 Å². The number of hydrogen-bond acceptors (Lipinski definition) is 5. The van der Waals surface area contributed by atoms with Crippen LogP contribution >= 0.6 is 0 Å². The number of amides is 2. The van der Waals surface area contributed by atoms with E-state index in [1.807, 2.05) is 35.2 Å². The van der Waals surface area contributed by atoms with Gasteiger partial charge in [0.25, 0.3) is 5.91 Å². The minimum absolute atomic E-state index is 0.00203. The fourth-order valence-corrected chi connectivity index (χ4v) is 3.47. The molecule has 30 heavy (non-hydrogen) atoms. The van der Waals surface area contributed by atoms with Crippen LogP contribution in [0.4, 0.5) is 5.69 Å². The van der Waals surface area contributed by atoms with Crippen molar-refractivity contribution >= 4 is 28.4 Å². The zero-order valence-electron chi connectivity index (χ0n) is 16.9. The molecule has 2 aromatic heterocycles. The quantitative estimate of drug-likeness (QED) is 0.702. The minimum Gasteiger partial charge on any atom is -0.474 e.